The van der Waals surface area contributed by atoms with Crippen LogP contribution in [0.1, 0.15) is 25.3 Å². The number of fused-ring (bicyclic) bond motifs is 2. The van der Waals surface area contributed by atoms with Crippen LogP contribution in [-0.4, -0.2) is 24.4 Å². The fraction of sp³-hybridized carbons (Fsp3) is 0.160. The van der Waals surface area contributed by atoms with Crippen LogP contribution in [0.3, 0.4) is 0 Å². The van der Waals surface area contributed by atoms with E-state index in [9.17, 15) is 10.1 Å². The quantitative estimate of drug-likeness (QED) is 0.251. The number of rotatable bonds is 6. The van der Waals surface area contributed by atoms with Crippen LogP contribution in [-0.2, 0) is 6.42 Å². The summed E-state index contributed by atoms with van der Waals surface area (Å²) in [6.07, 6.45) is 3.32. The summed E-state index contributed by atoms with van der Waals surface area (Å²) in [5.74, 6) is 0.570. The molecule has 0 saturated carbocycles. The van der Waals surface area contributed by atoms with Gasteiger partial charge in [-0.2, -0.15) is 0 Å². The number of non-ortho nitro benzene ring substituents is 1. The number of nitrogens with zero attached hydrogens (tertiary/aromatic N) is 5. The molecule has 5 aromatic rings. The van der Waals surface area contributed by atoms with Crippen molar-refractivity contribution in [3.05, 3.63) is 88.5 Å². The Morgan fingerprint density at radius 3 is 2.38 bits per heavy atom. The molecule has 0 aliphatic heterocycles. The molecule has 158 valence electrons. The molecule has 0 saturated heterocycles. The van der Waals surface area contributed by atoms with Gasteiger partial charge in [0.15, 0.2) is 11.3 Å². The van der Waals surface area contributed by atoms with Crippen molar-refractivity contribution in [1.82, 2.24) is 19.5 Å². The Balaban J connectivity index is 1.74. The van der Waals surface area contributed by atoms with Gasteiger partial charge in [-0.25, -0.2) is 15.0 Å². The molecule has 0 fully saturated rings. The van der Waals surface area contributed by atoms with Crippen molar-refractivity contribution < 1.29 is 4.92 Å². The van der Waals surface area contributed by atoms with E-state index in [0.29, 0.717) is 22.7 Å². The van der Waals surface area contributed by atoms with Crippen LogP contribution >= 0.6 is 0 Å². The van der Waals surface area contributed by atoms with Crippen LogP contribution in [0.25, 0.3) is 39.4 Å². The molecule has 32 heavy (non-hydrogen) atoms. The van der Waals surface area contributed by atoms with Gasteiger partial charge in [-0.3, -0.25) is 14.7 Å². The Bertz CT molecular complexity index is 1440. The van der Waals surface area contributed by atoms with Crippen molar-refractivity contribution in [1.29, 1.82) is 0 Å². The molecular formula is C25H21N5O2. The molecule has 0 aliphatic carbocycles. The van der Waals surface area contributed by atoms with Gasteiger partial charge in [0.1, 0.15) is 5.82 Å². The van der Waals surface area contributed by atoms with Gasteiger partial charge in [-0.1, -0.05) is 49.7 Å². The van der Waals surface area contributed by atoms with Crippen LogP contribution in [0.2, 0.25) is 0 Å². The average Bonchev–Trinajstić information content (AvgIpc) is 3.20. The maximum absolute atomic E-state index is 11.3. The first kappa shape index (κ1) is 19.8. The lowest BCUT2D eigenvalue weighted by Crippen LogP contribution is -2.00. The van der Waals surface area contributed by atoms with E-state index >= 15 is 0 Å². The Labute approximate surface area is 184 Å². The van der Waals surface area contributed by atoms with Crippen LogP contribution in [0.15, 0.2) is 72.8 Å². The highest BCUT2D eigenvalue weighted by Crippen LogP contribution is 2.30. The molecule has 0 N–H and O–H groups in total. The number of benzene rings is 3. The molecule has 0 bridgehead atoms. The number of nitro groups is 1. The van der Waals surface area contributed by atoms with E-state index in [0.717, 1.165) is 36.0 Å². The van der Waals surface area contributed by atoms with E-state index in [-0.39, 0.29) is 5.69 Å². The van der Waals surface area contributed by atoms with E-state index < -0.39 is 4.92 Å². The van der Waals surface area contributed by atoms with Gasteiger partial charge in [-0.15, -0.1) is 0 Å². The monoisotopic (exact) mass is 423 g/mol. The summed E-state index contributed by atoms with van der Waals surface area (Å²) in [6, 6.07) is 22.5. The number of aryl methyl sites for hydroxylation is 1. The average molecular weight is 423 g/mol. The SMILES string of the molecule is CCCCc1ccc(-n2c(-c3cccc([N+](=O)[O-])c3)nc3nc4ccccc4nc32)cc1. The summed E-state index contributed by atoms with van der Waals surface area (Å²) in [4.78, 5) is 25.2. The molecule has 0 spiro atoms. The number of hydrogen-bond acceptors (Lipinski definition) is 5. The number of aromatic nitrogens is 4. The standard InChI is InChI=1S/C25H21N5O2/c1-2-3-7-17-12-14-19(15-13-17)29-24(18-8-6-9-20(16-18)30(31)32)28-23-25(29)27-22-11-5-4-10-21(22)26-23/h4-6,8-16H,2-3,7H2,1H3. The van der Waals surface area contributed by atoms with Crippen molar-refractivity contribution in [2.24, 2.45) is 0 Å². The Hall–Kier alpha value is -4.13. The van der Waals surface area contributed by atoms with E-state index in [2.05, 4.69) is 19.1 Å². The summed E-state index contributed by atoms with van der Waals surface area (Å²) in [7, 11) is 0. The van der Waals surface area contributed by atoms with Crippen molar-refractivity contribution in [2.75, 3.05) is 0 Å². The predicted molar refractivity (Wildman–Crippen MR) is 125 cm³/mol. The molecule has 0 unspecified atom stereocenters. The highest BCUT2D eigenvalue weighted by Gasteiger charge is 2.19. The van der Waals surface area contributed by atoms with Gasteiger partial charge in [0.2, 0.25) is 0 Å². The first-order valence-electron chi connectivity index (χ1n) is 10.6. The maximum Gasteiger partial charge on any atom is 0.270 e. The topological polar surface area (TPSA) is 86.7 Å². The highest BCUT2D eigenvalue weighted by molar-refractivity contribution is 5.86. The molecule has 7 heteroatoms. The fourth-order valence-corrected chi connectivity index (χ4v) is 3.85. The van der Waals surface area contributed by atoms with Crippen LogP contribution in [0.4, 0.5) is 5.69 Å². The van der Waals surface area contributed by atoms with Gasteiger partial charge < -0.3 is 0 Å². The summed E-state index contributed by atoms with van der Waals surface area (Å²) in [5.41, 5.74) is 5.45. The lowest BCUT2D eigenvalue weighted by molar-refractivity contribution is -0.384. The lowest BCUT2D eigenvalue weighted by atomic mass is 10.1. The second-order valence-electron chi connectivity index (χ2n) is 7.71. The number of unbranched alkanes of at least 4 members (excludes halogenated alkanes) is 1. The second-order valence-corrected chi connectivity index (χ2v) is 7.71. The van der Waals surface area contributed by atoms with Crippen LogP contribution < -0.4 is 0 Å². The second kappa shape index (κ2) is 8.19. The number of hydrogen-bond donors (Lipinski definition) is 0. The minimum atomic E-state index is -0.399. The zero-order valence-corrected chi connectivity index (χ0v) is 17.6. The predicted octanol–water partition coefficient (Wildman–Crippen LogP) is 5.89. The molecule has 0 radical (unpaired) electrons. The molecule has 3 aromatic carbocycles. The number of imidazole rings is 1. The highest BCUT2D eigenvalue weighted by atomic mass is 16.6. The molecule has 2 aromatic heterocycles. The Kier molecular flexibility index (Phi) is 5.07. The molecular weight excluding hydrogens is 402 g/mol. The first-order valence-corrected chi connectivity index (χ1v) is 10.6. The smallest absolute Gasteiger partial charge is 0.270 e. The minimum absolute atomic E-state index is 0.0158. The molecule has 2 heterocycles. The van der Waals surface area contributed by atoms with E-state index in [1.165, 1.54) is 17.7 Å². The van der Waals surface area contributed by atoms with Crippen molar-refractivity contribution in [3.63, 3.8) is 0 Å². The number of nitro benzene ring substituents is 1. The molecule has 0 amide bonds. The van der Waals surface area contributed by atoms with Gasteiger partial charge in [0, 0.05) is 23.4 Å². The van der Waals surface area contributed by atoms with Crippen molar-refractivity contribution in [3.8, 4) is 17.1 Å². The van der Waals surface area contributed by atoms with Gasteiger partial charge in [0.25, 0.3) is 5.69 Å². The zero-order chi connectivity index (χ0) is 22.1. The largest absolute Gasteiger partial charge is 0.275 e. The maximum atomic E-state index is 11.3. The Morgan fingerprint density at radius 1 is 0.906 bits per heavy atom. The Morgan fingerprint density at radius 2 is 1.66 bits per heavy atom. The van der Waals surface area contributed by atoms with Crippen LogP contribution in [0.5, 0.6) is 0 Å². The summed E-state index contributed by atoms with van der Waals surface area (Å²) in [5, 5.41) is 11.3. The van der Waals surface area contributed by atoms with Crippen molar-refractivity contribution in [2.45, 2.75) is 26.2 Å². The molecule has 0 aliphatic rings. The lowest BCUT2D eigenvalue weighted by Gasteiger charge is -2.10. The van der Waals surface area contributed by atoms with E-state index in [4.69, 9.17) is 15.0 Å². The fourth-order valence-electron chi connectivity index (χ4n) is 3.85. The van der Waals surface area contributed by atoms with Gasteiger partial charge in [-0.05, 0) is 42.7 Å². The van der Waals surface area contributed by atoms with E-state index in [1.54, 1.807) is 6.07 Å². The molecule has 5 rings (SSSR count). The van der Waals surface area contributed by atoms with Gasteiger partial charge in [0.05, 0.1) is 16.0 Å². The molecule has 0 atom stereocenters. The van der Waals surface area contributed by atoms with E-state index in [1.807, 2.05) is 47.0 Å². The van der Waals surface area contributed by atoms with Gasteiger partial charge >= 0.3 is 0 Å². The van der Waals surface area contributed by atoms with Crippen LogP contribution in [0, 0.1) is 10.1 Å². The summed E-state index contributed by atoms with van der Waals surface area (Å²) in [6.45, 7) is 2.18. The molecule has 7 nitrogen and oxygen atoms in total. The summed E-state index contributed by atoms with van der Waals surface area (Å²) < 4.78 is 1.93. The summed E-state index contributed by atoms with van der Waals surface area (Å²) >= 11 is 0. The third-order valence-electron chi connectivity index (χ3n) is 5.50. The van der Waals surface area contributed by atoms with Crippen molar-refractivity contribution >= 4 is 28.0 Å². The minimum Gasteiger partial charge on any atom is -0.275 e. The normalized spacial score (nSPS) is 11.3. The number of para-hydroxylation sites is 2. The zero-order valence-electron chi connectivity index (χ0n) is 17.6. The third kappa shape index (κ3) is 3.58. The third-order valence-corrected chi connectivity index (χ3v) is 5.50. The first-order chi connectivity index (χ1) is 15.6.